The van der Waals surface area contributed by atoms with Gasteiger partial charge in [-0.3, -0.25) is 9.59 Å². The second kappa shape index (κ2) is 9.10. The summed E-state index contributed by atoms with van der Waals surface area (Å²) in [5.41, 5.74) is 3.53. The molecular formula is C22H27ClN2O2S. The van der Waals surface area contributed by atoms with Crippen molar-refractivity contribution in [2.24, 2.45) is 0 Å². The molecule has 0 saturated carbocycles. The summed E-state index contributed by atoms with van der Waals surface area (Å²) >= 11 is 7.51. The predicted molar refractivity (Wildman–Crippen MR) is 115 cm³/mol. The average Bonchev–Trinajstić information content (AvgIpc) is 3.14. The molecule has 4 nitrogen and oxygen atoms in total. The summed E-state index contributed by atoms with van der Waals surface area (Å²) in [5.74, 6) is 0.185. The van der Waals surface area contributed by atoms with E-state index in [2.05, 4.69) is 30.5 Å². The van der Waals surface area contributed by atoms with Crippen LogP contribution in [-0.4, -0.2) is 46.6 Å². The fraction of sp³-hybridized carbons (Fsp3) is 0.455. The van der Waals surface area contributed by atoms with Gasteiger partial charge in [-0.1, -0.05) is 24.3 Å². The number of rotatable bonds is 6. The van der Waals surface area contributed by atoms with E-state index in [1.54, 1.807) is 16.2 Å². The van der Waals surface area contributed by atoms with Crippen LogP contribution in [0.2, 0.25) is 0 Å². The molecule has 28 heavy (non-hydrogen) atoms. The number of hydrogen-bond acceptors (Lipinski definition) is 3. The maximum absolute atomic E-state index is 13.4. The molecule has 0 radical (unpaired) electrons. The van der Waals surface area contributed by atoms with Crippen LogP contribution < -0.4 is 0 Å². The summed E-state index contributed by atoms with van der Waals surface area (Å²) in [5, 5.41) is 2.11. The monoisotopic (exact) mass is 418 g/mol. The van der Waals surface area contributed by atoms with E-state index in [1.807, 2.05) is 30.9 Å². The molecular weight excluding hydrogens is 392 g/mol. The molecule has 6 heteroatoms. The summed E-state index contributed by atoms with van der Waals surface area (Å²) in [7, 11) is 0. The molecule has 0 saturated heterocycles. The highest BCUT2D eigenvalue weighted by atomic mass is 35.5. The van der Waals surface area contributed by atoms with E-state index in [9.17, 15) is 9.59 Å². The van der Waals surface area contributed by atoms with Crippen LogP contribution in [-0.2, 0) is 16.0 Å². The number of carbonyl (C=O) groups is 2. The molecule has 150 valence electrons. The van der Waals surface area contributed by atoms with E-state index < -0.39 is 0 Å². The number of nitrogens with zero attached hydrogens (tertiary/aromatic N) is 2. The van der Waals surface area contributed by atoms with Crippen molar-refractivity contribution in [3.05, 3.63) is 57.3 Å². The Kier molecular flexibility index (Phi) is 6.78. The summed E-state index contributed by atoms with van der Waals surface area (Å²) in [6.07, 6.45) is 1.11. The van der Waals surface area contributed by atoms with Crippen LogP contribution in [0.1, 0.15) is 47.9 Å². The Morgan fingerprint density at radius 1 is 1.25 bits per heavy atom. The first-order chi connectivity index (χ1) is 13.4. The van der Waals surface area contributed by atoms with Crippen LogP contribution in [0, 0.1) is 6.92 Å². The molecule has 2 heterocycles. The van der Waals surface area contributed by atoms with Crippen LogP contribution in [0.5, 0.6) is 0 Å². The Morgan fingerprint density at radius 3 is 2.68 bits per heavy atom. The molecule has 0 bridgehead atoms. The number of hydrogen-bond donors (Lipinski definition) is 0. The molecule has 0 aliphatic carbocycles. The number of thiophene rings is 1. The number of fused-ring (bicyclic) bond motifs is 1. The molecule has 2 aromatic rings. The van der Waals surface area contributed by atoms with Crippen molar-refractivity contribution >= 4 is 34.8 Å². The lowest BCUT2D eigenvalue weighted by Gasteiger charge is -2.38. The molecule has 1 aromatic carbocycles. The minimum Gasteiger partial charge on any atom is -0.331 e. The third-order valence-corrected chi connectivity index (χ3v) is 6.51. The van der Waals surface area contributed by atoms with Gasteiger partial charge in [-0.15, -0.1) is 22.9 Å². The predicted octanol–water partition coefficient (Wildman–Crippen LogP) is 4.40. The van der Waals surface area contributed by atoms with Gasteiger partial charge in [0.25, 0.3) is 0 Å². The molecule has 2 amide bonds. The van der Waals surface area contributed by atoms with Crippen molar-refractivity contribution in [3.8, 4) is 0 Å². The van der Waals surface area contributed by atoms with E-state index in [-0.39, 0.29) is 42.7 Å². The number of benzene rings is 1. The number of alkyl halides is 1. The second-order valence-electron chi connectivity index (χ2n) is 7.45. The third kappa shape index (κ3) is 4.26. The van der Waals surface area contributed by atoms with E-state index in [4.69, 9.17) is 11.6 Å². The number of carbonyl (C=O) groups excluding carboxylic acids is 2. The third-order valence-electron chi connectivity index (χ3n) is 5.33. The fourth-order valence-electron chi connectivity index (χ4n) is 3.83. The molecule has 1 aromatic heterocycles. The fourth-order valence-corrected chi connectivity index (χ4v) is 4.90. The zero-order valence-corrected chi connectivity index (χ0v) is 18.2. The molecule has 1 aliphatic rings. The van der Waals surface area contributed by atoms with Crippen molar-refractivity contribution in [1.82, 2.24) is 9.80 Å². The molecule has 1 aliphatic heterocycles. The van der Waals surface area contributed by atoms with Crippen molar-refractivity contribution in [1.29, 1.82) is 0 Å². The Labute approximate surface area is 176 Å². The SMILES string of the molecule is Cc1ccccc1C1c2ccsc2CCN1C(=O)CN(C(=O)CCCl)C(C)C. The Bertz CT molecular complexity index is 849. The first kappa shape index (κ1) is 20.9. The van der Waals surface area contributed by atoms with E-state index in [0.717, 1.165) is 12.0 Å². The Balaban J connectivity index is 1.92. The Hall–Kier alpha value is -1.85. The summed E-state index contributed by atoms with van der Waals surface area (Å²) in [4.78, 5) is 30.7. The number of halogens is 1. The van der Waals surface area contributed by atoms with Crippen molar-refractivity contribution in [2.75, 3.05) is 19.0 Å². The van der Waals surface area contributed by atoms with Gasteiger partial charge in [-0.05, 0) is 55.3 Å². The van der Waals surface area contributed by atoms with Gasteiger partial charge in [-0.25, -0.2) is 0 Å². The standard InChI is InChI=1S/C22H27ClN2O2S/c1-15(2)25(20(26)8-11-23)14-21(27)24-12-9-19-18(10-13-28-19)22(24)17-7-5-4-6-16(17)3/h4-7,10,13,15,22H,8-9,11-12,14H2,1-3H3. The summed E-state index contributed by atoms with van der Waals surface area (Å²) < 4.78 is 0. The molecule has 1 unspecified atom stereocenters. The summed E-state index contributed by atoms with van der Waals surface area (Å²) in [6, 6.07) is 10.2. The van der Waals surface area contributed by atoms with Gasteiger partial charge in [0.1, 0.15) is 6.54 Å². The lowest BCUT2D eigenvalue weighted by Crippen LogP contribution is -2.48. The topological polar surface area (TPSA) is 40.6 Å². The van der Waals surface area contributed by atoms with Gasteiger partial charge >= 0.3 is 0 Å². The lowest BCUT2D eigenvalue weighted by atomic mass is 9.90. The minimum absolute atomic E-state index is 0.0123. The molecule has 1 atom stereocenters. The van der Waals surface area contributed by atoms with E-state index >= 15 is 0 Å². The van der Waals surface area contributed by atoms with Crippen LogP contribution >= 0.6 is 22.9 Å². The van der Waals surface area contributed by atoms with Crippen molar-refractivity contribution in [3.63, 3.8) is 0 Å². The highest BCUT2D eigenvalue weighted by molar-refractivity contribution is 7.10. The first-order valence-electron chi connectivity index (χ1n) is 9.70. The molecule has 3 rings (SSSR count). The highest BCUT2D eigenvalue weighted by Gasteiger charge is 2.34. The Morgan fingerprint density at radius 2 is 2.00 bits per heavy atom. The number of aryl methyl sites for hydroxylation is 1. The van der Waals surface area contributed by atoms with E-state index in [0.29, 0.717) is 6.54 Å². The number of amides is 2. The molecule has 0 fully saturated rings. The van der Waals surface area contributed by atoms with Gasteiger partial charge in [0.05, 0.1) is 6.04 Å². The minimum atomic E-state index is -0.0964. The highest BCUT2D eigenvalue weighted by Crippen LogP contribution is 2.39. The van der Waals surface area contributed by atoms with Crippen LogP contribution in [0.4, 0.5) is 0 Å². The maximum Gasteiger partial charge on any atom is 0.243 e. The van der Waals surface area contributed by atoms with Gasteiger partial charge < -0.3 is 9.80 Å². The van der Waals surface area contributed by atoms with Gasteiger partial charge in [0.15, 0.2) is 0 Å². The first-order valence-corrected chi connectivity index (χ1v) is 11.1. The van der Waals surface area contributed by atoms with Gasteiger partial charge in [0, 0.05) is 29.8 Å². The van der Waals surface area contributed by atoms with Crippen LogP contribution in [0.15, 0.2) is 35.7 Å². The normalized spacial score (nSPS) is 16.2. The second-order valence-corrected chi connectivity index (χ2v) is 8.83. The quantitative estimate of drug-likeness (QED) is 0.652. The zero-order chi connectivity index (χ0) is 20.3. The van der Waals surface area contributed by atoms with Crippen LogP contribution in [0.3, 0.4) is 0 Å². The van der Waals surface area contributed by atoms with Gasteiger partial charge in [0.2, 0.25) is 11.8 Å². The zero-order valence-electron chi connectivity index (χ0n) is 16.7. The van der Waals surface area contributed by atoms with Gasteiger partial charge in [-0.2, -0.15) is 0 Å². The van der Waals surface area contributed by atoms with E-state index in [1.165, 1.54) is 16.0 Å². The largest absolute Gasteiger partial charge is 0.331 e. The molecule has 0 spiro atoms. The van der Waals surface area contributed by atoms with Crippen molar-refractivity contribution < 1.29 is 9.59 Å². The molecule has 0 N–H and O–H groups in total. The van der Waals surface area contributed by atoms with Crippen molar-refractivity contribution in [2.45, 2.75) is 45.7 Å². The average molecular weight is 419 g/mol. The smallest absolute Gasteiger partial charge is 0.243 e. The van der Waals surface area contributed by atoms with Crippen LogP contribution in [0.25, 0.3) is 0 Å². The maximum atomic E-state index is 13.4. The lowest BCUT2D eigenvalue weighted by molar-refractivity contribution is -0.143. The summed E-state index contributed by atoms with van der Waals surface area (Å²) in [6.45, 7) is 6.72.